The molecule has 1 aliphatic rings. The molecule has 0 unspecified atom stereocenters. The van der Waals surface area contributed by atoms with E-state index in [2.05, 4.69) is 5.32 Å². The van der Waals surface area contributed by atoms with E-state index in [9.17, 15) is 14.4 Å². The fourth-order valence-electron chi connectivity index (χ4n) is 3.77. The normalized spacial score (nSPS) is 14.6. The molecule has 1 N–H and O–H groups in total. The van der Waals surface area contributed by atoms with Crippen molar-refractivity contribution in [3.63, 3.8) is 0 Å². The van der Waals surface area contributed by atoms with Crippen molar-refractivity contribution < 1.29 is 28.6 Å². The molecule has 184 valence electrons. The first-order valence-electron chi connectivity index (χ1n) is 11.4. The van der Waals surface area contributed by atoms with Gasteiger partial charge >= 0.3 is 6.03 Å². The highest BCUT2D eigenvalue weighted by Crippen LogP contribution is 2.31. The average Bonchev–Trinajstić information content (AvgIpc) is 2.86. The number of aryl methyl sites for hydroxylation is 1. The number of nitrogens with zero attached hydrogens (tertiary/aromatic N) is 1. The van der Waals surface area contributed by atoms with E-state index in [0.717, 1.165) is 16.0 Å². The Bertz CT molecular complexity index is 1330. The van der Waals surface area contributed by atoms with Crippen molar-refractivity contribution in [1.82, 2.24) is 5.32 Å². The van der Waals surface area contributed by atoms with Crippen LogP contribution in [0.2, 0.25) is 0 Å². The van der Waals surface area contributed by atoms with Crippen LogP contribution in [0.4, 0.5) is 10.5 Å². The third-order valence-electron chi connectivity index (χ3n) is 5.48. The van der Waals surface area contributed by atoms with E-state index in [-0.39, 0.29) is 5.57 Å². The molecular formula is C28H26N2O6. The lowest BCUT2D eigenvalue weighted by molar-refractivity contribution is -0.122. The molecule has 8 nitrogen and oxygen atoms in total. The standard InChI is InChI=1S/C28H26N2O6/c1-4-35-22-11-9-21(10-12-22)30-27(32)23(26(31)29-28(30)33)15-19-8-13-24(25(16-19)34-3)36-17-20-7-5-6-18(2)14-20/h5-16H,4,17H2,1-3H3,(H,29,31,33)/b23-15+. The molecule has 0 bridgehead atoms. The number of hydrogen-bond acceptors (Lipinski definition) is 6. The number of ether oxygens (including phenoxy) is 3. The van der Waals surface area contributed by atoms with Crippen molar-refractivity contribution in [2.75, 3.05) is 18.6 Å². The van der Waals surface area contributed by atoms with Crippen molar-refractivity contribution in [3.8, 4) is 17.2 Å². The second kappa shape index (κ2) is 10.8. The van der Waals surface area contributed by atoms with Gasteiger partial charge in [0.15, 0.2) is 11.5 Å². The Kier molecular flexibility index (Phi) is 7.34. The lowest BCUT2D eigenvalue weighted by Gasteiger charge is -2.26. The monoisotopic (exact) mass is 486 g/mol. The number of carbonyl (C=O) groups excluding carboxylic acids is 3. The van der Waals surface area contributed by atoms with Crippen LogP contribution >= 0.6 is 0 Å². The minimum absolute atomic E-state index is 0.182. The number of benzene rings is 3. The molecule has 0 spiro atoms. The first kappa shape index (κ1) is 24.5. The highest BCUT2D eigenvalue weighted by atomic mass is 16.5. The minimum atomic E-state index is -0.816. The first-order chi connectivity index (χ1) is 17.4. The van der Waals surface area contributed by atoms with Crippen LogP contribution in [-0.4, -0.2) is 31.6 Å². The SMILES string of the molecule is CCOc1ccc(N2C(=O)NC(=O)/C(=C\c3ccc(OCc4cccc(C)c4)c(OC)c3)C2=O)cc1. The number of amides is 4. The number of anilines is 1. The number of nitrogens with one attached hydrogen (secondary N) is 1. The first-order valence-corrected chi connectivity index (χ1v) is 11.4. The molecule has 36 heavy (non-hydrogen) atoms. The van der Waals surface area contributed by atoms with Crippen LogP contribution in [0.15, 0.2) is 72.3 Å². The van der Waals surface area contributed by atoms with Gasteiger partial charge in [-0.25, -0.2) is 9.69 Å². The van der Waals surface area contributed by atoms with Crippen molar-refractivity contribution in [1.29, 1.82) is 0 Å². The predicted molar refractivity (Wildman–Crippen MR) is 135 cm³/mol. The molecule has 8 heteroatoms. The van der Waals surface area contributed by atoms with Crippen LogP contribution < -0.4 is 24.4 Å². The van der Waals surface area contributed by atoms with Crippen molar-refractivity contribution >= 4 is 29.6 Å². The number of rotatable bonds is 8. The van der Waals surface area contributed by atoms with Crippen molar-refractivity contribution in [3.05, 3.63) is 89.0 Å². The zero-order valence-electron chi connectivity index (χ0n) is 20.2. The van der Waals surface area contributed by atoms with E-state index in [1.807, 2.05) is 38.1 Å². The molecule has 1 aliphatic heterocycles. The second-order valence-corrected chi connectivity index (χ2v) is 8.07. The Hall–Kier alpha value is -4.59. The van der Waals surface area contributed by atoms with Crippen LogP contribution in [0.5, 0.6) is 17.2 Å². The van der Waals surface area contributed by atoms with Crippen LogP contribution in [0, 0.1) is 6.92 Å². The van der Waals surface area contributed by atoms with Crippen molar-refractivity contribution in [2.45, 2.75) is 20.5 Å². The summed E-state index contributed by atoms with van der Waals surface area (Å²) >= 11 is 0. The highest BCUT2D eigenvalue weighted by molar-refractivity contribution is 6.39. The topological polar surface area (TPSA) is 94.2 Å². The molecule has 3 aromatic rings. The van der Waals surface area contributed by atoms with Crippen LogP contribution in [0.25, 0.3) is 6.08 Å². The fourth-order valence-corrected chi connectivity index (χ4v) is 3.77. The largest absolute Gasteiger partial charge is 0.494 e. The minimum Gasteiger partial charge on any atom is -0.494 e. The molecule has 0 radical (unpaired) electrons. The zero-order chi connectivity index (χ0) is 25.7. The summed E-state index contributed by atoms with van der Waals surface area (Å²) in [5, 5.41) is 2.22. The van der Waals surface area contributed by atoms with Gasteiger partial charge < -0.3 is 14.2 Å². The molecule has 1 heterocycles. The molecule has 0 aromatic heterocycles. The van der Waals surface area contributed by atoms with Gasteiger partial charge in [-0.15, -0.1) is 0 Å². The molecule has 1 fully saturated rings. The van der Waals surface area contributed by atoms with E-state index < -0.39 is 17.8 Å². The Labute approximate surface area is 209 Å². The summed E-state index contributed by atoms with van der Waals surface area (Å²) in [6, 6.07) is 18.7. The van der Waals surface area contributed by atoms with Gasteiger partial charge in [0.1, 0.15) is 17.9 Å². The molecule has 1 saturated heterocycles. The lowest BCUT2D eigenvalue weighted by atomic mass is 10.1. The van der Waals surface area contributed by atoms with Gasteiger partial charge in [-0.1, -0.05) is 35.9 Å². The number of methoxy groups -OCH3 is 1. The highest BCUT2D eigenvalue weighted by Gasteiger charge is 2.36. The Morgan fingerprint density at radius 3 is 2.39 bits per heavy atom. The Morgan fingerprint density at radius 2 is 1.69 bits per heavy atom. The van der Waals surface area contributed by atoms with E-state index in [1.165, 1.54) is 13.2 Å². The summed E-state index contributed by atoms with van der Waals surface area (Å²) in [4.78, 5) is 39.1. The number of carbonyl (C=O) groups is 3. The van der Waals surface area contributed by atoms with Gasteiger partial charge in [0, 0.05) is 0 Å². The van der Waals surface area contributed by atoms with E-state index in [1.54, 1.807) is 42.5 Å². The summed E-state index contributed by atoms with van der Waals surface area (Å²) in [6.07, 6.45) is 1.42. The predicted octanol–water partition coefficient (Wildman–Crippen LogP) is 4.65. The average molecular weight is 487 g/mol. The zero-order valence-corrected chi connectivity index (χ0v) is 20.2. The van der Waals surface area contributed by atoms with Crippen LogP contribution in [0.1, 0.15) is 23.6 Å². The van der Waals surface area contributed by atoms with E-state index in [0.29, 0.717) is 41.7 Å². The number of urea groups is 1. The smallest absolute Gasteiger partial charge is 0.335 e. The lowest BCUT2D eigenvalue weighted by Crippen LogP contribution is -2.54. The molecular weight excluding hydrogens is 460 g/mol. The van der Waals surface area contributed by atoms with Gasteiger partial charge in [-0.3, -0.25) is 14.9 Å². The maximum atomic E-state index is 13.2. The Morgan fingerprint density at radius 1 is 0.917 bits per heavy atom. The van der Waals surface area contributed by atoms with Gasteiger partial charge in [0.05, 0.1) is 19.4 Å². The molecule has 0 saturated carbocycles. The van der Waals surface area contributed by atoms with E-state index >= 15 is 0 Å². The van der Waals surface area contributed by atoms with Gasteiger partial charge in [0.25, 0.3) is 11.8 Å². The molecule has 0 atom stereocenters. The maximum absolute atomic E-state index is 13.2. The third kappa shape index (κ3) is 5.38. The number of hydrogen-bond donors (Lipinski definition) is 1. The molecule has 4 rings (SSSR count). The summed E-state index contributed by atoms with van der Waals surface area (Å²) < 4.78 is 16.8. The van der Waals surface area contributed by atoms with Crippen LogP contribution in [0.3, 0.4) is 0 Å². The maximum Gasteiger partial charge on any atom is 0.335 e. The number of imide groups is 2. The molecule has 0 aliphatic carbocycles. The summed E-state index contributed by atoms with van der Waals surface area (Å²) in [5.41, 5.74) is 2.83. The molecule has 4 amide bonds. The Balaban J connectivity index is 1.57. The van der Waals surface area contributed by atoms with Crippen LogP contribution in [-0.2, 0) is 16.2 Å². The van der Waals surface area contributed by atoms with Gasteiger partial charge in [0.2, 0.25) is 0 Å². The fraction of sp³-hybridized carbons (Fsp3) is 0.179. The number of barbiturate groups is 1. The molecule has 3 aromatic carbocycles. The third-order valence-corrected chi connectivity index (χ3v) is 5.48. The van der Waals surface area contributed by atoms with Crippen molar-refractivity contribution in [2.24, 2.45) is 0 Å². The summed E-state index contributed by atoms with van der Waals surface area (Å²) in [5.74, 6) is 0.0687. The van der Waals surface area contributed by atoms with E-state index in [4.69, 9.17) is 14.2 Å². The summed E-state index contributed by atoms with van der Waals surface area (Å²) in [7, 11) is 1.51. The van der Waals surface area contributed by atoms with Gasteiger partial charge in [-0.2, -0.15) is 0 Å². The second-order valence-electron chi connectivity index (χ2n) is 8.07. The van der Waals surface area contributed by atoms with Gasteiger partial charge in [-0.05, 0) is 67.4 Å². The summed E-state index contributed by atoms with van der Waals surface area (Å²) in [6.45, 7) is 4.72. The quantitative estimate of drug-likeness (QED) is 0.368.